The molecule has 0 amide bonds. The predicted molar refractivity (Wildman–Crippen MR) is 48.6 cm³/mol. The van der Waals surface area contributed by atoms with Gasteiger partial charge in [-0.2, -0.15) is 5.26 Å². The van der Waals surface area contributed by atoms with Crippen LogP contribution in [-0.4, -0.2) is 0 Å². The molecule has 0 bridgehead atoms. The van der Waals surface area contributed by atoms with Gasteiger partial charge >= 0.3 is 0 Å². The molecule has 0 saturated carbocycles. The van der Waals surface area contributed by atoms with Gasteiger partial charge in [0.05, 0.1) is 12.5 Å². The van der Waals surface area contributed by atoms with Crippen molar-refractivity contribution in [3.63, 3.8) is 0 Å². The van der Waals surface area contributed by atoms with E-state index >= 15 is 0 Å². The van der Waals surface area contributed by atoms with E-state index in [0.717, 1.165) is 11.3 Å². The molecule has 12 heavy (non-hydrogen) atoms. The molecule has 1 rings (SSSR count). The van der Waals surface area contributed by atoms with Crippen LogP contribution in [0.5, 0.6) is 0 Å². The first-order valence-corrected chi connectivity index (χ1v) is 3.77. The molecule has 62 valence electrons. The lowest BCUT2D eigenvalue weighted by molar-refractivity contribution is 1.25. The van der Waals surface area contributed by atoms with Gasteiger partial charge in [-0.3, -0.25) is 5.84 Å². The van der Waals surface area contributed by atoms with Crippen LogP contribution < -0.4 is 11.3 Å². The van der Waals surface area contributed by atoms with Crippen molar-refractivity contribution in [2.75, 3.05) is 5.43 Å². The largest absolute Gasteiger partial charge is 0.324 e. The lowest BCUT2D eigenvalue weighted by Gasteiger charge is -2.02. The number of rotatable bonds is 2. The van der Waals surface area contributed by atoms with Gasteiger partial charge in [0.15, 0.2) is 0 Å². The van der Waals surface area contributed by atoms with Crippen molar-refractivity contribution in [1.29, 1.82) is 5.26 Å². The van der Waals surface area contributed by atoms with E-state index in [9.17, 15) is 0 Å². The van der Waals surface area contributed by atoms with E-state index in [0.29, 0.717) is 11.4 Å². The quantitative estimate of drug-likeness (QED) is 0.539. The Labute approximate surface area is 75.7 Å². The summed E-state index contributed by atoms with van der Waals surface area (Å²) in [5.74, 6) is 5.17. The van der Waals surface area contributed by atoms with E-state index in [-0.39, 0.29) is 0 Å². The van der Waals surface area contributed by atoms with Crippen molar-refractivity contribution < 1.29 is 0 Å². The second-order valence-electron chi connectivity index (χ2n) is 2.29. The van der Waals surface area contributed by atoms with Crippen molar-refractivity contribution in [3.05, 3.63) is 28.8 Å². The van der Waals surface area contributed by atoms with Crippen LogP contribution in [0.15, 0.2) is 18.2 Å². The van der Waals surface area contributed by atoms with E-state index in [2.05, 4.69) is 5.43 Å². The van der Waals surface area contributed by atoms with E-state index in [4.69, 9.17) is 22.7 Å². The van der Waals surface area contributed by atoms with Crippen LogP contribution >= 0.6 is 11.6 Å². The maximum atomic E-state index is 8.42. The Kier molecular flexibility index (Phi) is 2.92. The highest BCUT2D eigenvalue weighted by Crippen LogP contribution is 2.20. The molecule has 0 aliphatic carbocycles. The van der Waals surface area contributed by atoms with Crippen LogP contribution in [0.25, 0.3) is 0 Å². The highest BCUT2D eigenvalue weighted by atomic mass is 35.5. The minimum absolute atomic E-state index is 0.323. The molecule has 0 radical (unpaired) electrons. The van der Waals surface area contributed by atoms with E-state index in [1.165, 1.54) is 0 Å². The first-order chi connectivity index (χ1) is 5.77. The number of nitrogens with one attached hydrogen (secondary N) is 1. The summed E-state index contributed by atoms with van der Waals surface area (Å²) < 4.78 is 0. The third kappa shape index (κ3) is 1.88. The molecule has 3 nitrogen and oxygen atoms in total. The molecular formula is C8H8ClN3. The molecule has 0 spiro atoms. The van der Waals surface area contributed by atoms with Crippen molar-refractivity contribution >= 4 is 17.3 Å². The van der Waals surface area contributed by atoms with E-state index in [1.54, 1.807) is 18.2 Å². The Morgan fingerprint density at radius 1 is 1.58 bits per heavy atom. The second kappa shape index (κ2) is 3.96. The summed E-state index contributed by atoms with van der Waals surface area (Å²) in [6, 6.07) is 7.27. The van der Waals surface area contributed by atoms with Gasteiger partial charge in [-0.05, 0) is 17.7 Å². The molecule has 0 aromatic heterocycles. The lowest BCUT2D eigenvalue weighted by atomic mass is 10.1. The van der Waals surface area contributed by atoms with Crippen LogP contribution in [0.1, 0.15) is 5.56 Å². The molecule has 4 heteroatoms. The average Bonchev–Trinajstić information content (AvgIpc) is 2.09. The van der Waals surface area contributed by atoms with Crippen LogP contribution in [0.2, 0.25) is 5.02 Å². The van der Waals surface area contributed by atoms with Crippen LogP contribution in [0.4, 0.5) is 5.69 Å². The number of nitrogens with two attached hydrogens (primary N) is 1. The Morgan fingerprint density at radius 3 is 2.83 bits per heavy atom. The molecular weight excluding hydrogens is 174 g/mol. The third-order valence-corrected chi connectivity index (χ3v) is 1.84. The number of anilines is 1. The van der Waals surface area contributed by atoms with Gasteiger partial charge in [0.1, 0.15) is 0 Å². The topological polar surface area (TPSA) is 61.8 Å². The summed E-state index contributed by atoms with van der Waals surface area (Å²) in [4.78, 5) is 0. The predicted octanol–water partition coefficient (Wildman–Crippen LogP) is 1.69. The number of nitriles is 1. The first-order valence-electron chi connectivity index (χ1n) is 3.40. The van der Waals surface area contributed by atoms with Gasteiger partial charge in [0.25, 0.3) is 0 Å². The zero-order valence-corrected chi connectivity index (χ0v) is 7.10. The Balaban J connectivity index is 2.97. The summed E-state index contributed by atoms with van der Waals surface area (Å²) in [6.45, 7) is 0. The van der Waals surface area contributed by atoms with Crippen molar-refractivity contribution in [1.82, 2.24) is 0 Å². The van der Waals surface area contributed by atoms with Gasteiger partial charge in [0, 0.05) is 10.7 Å². The molecule has 0 fully saturated rings. The lowest BCUT2D eigenvalue weighted by Crippen LogP contribution is -2.06. The standard InChI is InChI=1S/C8H8ClN3/c9-8-5-7(12-11)2-1-6(8)3-4-10/h1-2,5,12H,3,11H2. The number of hydrogen-bond donors (Lipinski definition) is 2. The fourth-order valence-corrected chi connectivity index (χ4v) is 1.11. The first kappa shape index (κ1) is 8.85. The fraction of sp³-hybridized carbons (Fsp3) is 0.125. The third-order valence-electron chi connectivity index (χ3n) is 1.49. The number of hydrazine groups is 1. The number of nitrogen functional groups attached to an aromatic ring is 1. The smallest absolute Gasteiger partial charge is 0.0670 e. The van der Waals surface area contributed by atoms with Gasteiger partial charge < -0.3 is 5.43 Å². The molecule has 1 aromatic carbocycles. The van der Waals surface area contributed by atoms with E-state index < -0.39 is 0 Å². The summed E-state index contributed by atoms with van der Waals surface area (Å²) in [5.41, 5.74) is 4.03. The SMILES string of the molecule is N#CCc1ccc(NN)cc1Cl. The maximum Gasteiger partial charge on any atom is 0.0670 e. The zero-order chi connectivity index (χ0) is 8.97. The van der Waals surface area contributed by atoms with Crippen molar-refractivity contribution in [2.45, 2.75) is 6.42 Å². The second-order valence-corrected chi connectivity index (χ2v) is 2.69. The molecule has 0 unspecified atom stereocenters. The average molecular weight is 182 g/mol. The van der Waals surface area contributed by atoms with Gasteiger partial charge in [-0.25, -0.2) is 0 Å². The van der Waals surface area contributed by atoms with E-state index in [1.807, 2.05) is 6.07 Å². The summed E-state index contributed by atoms with van der Waals surface area (Å²) in [7, 11) is 0. The highest BCUT2D eigenvalue weighted by Gasteiger charge is 1.99. The fourth-order valence-electron chi connectivity index (χ4n) is 0.866. The number of benzene rings is 1. The number of nitrogens with zero attached hydrogens (tertiary/aromatic N) is 1. The number of hydrogen-bond acceptors (Lipinski definition) is 3. The van der Waals surface area contributed by atoms with Crippen LogP contribution in [-0.2, 0) is 6.42 Å². The summed E-state index contributed by atoms with van der Waals surface area (Å²) >= 11 is 5.84. The monoisotopic (exact) mass is 181 g/mol. The minimum Gasteiger partial charge on any atom is -0.324 e. The van der Waals surface area contributed by atoms with Crippen LogP contribution in [0, 0.1) is 11.3 Å². The van der Waals surface area contributed by atoms with Gasteiger partial charge in [0.2, 0.25) is 0 Å². The van der Waals surface area contributed by atoms with Crippen LogP contribution in [0.3, 0.4) is 0 Å². The summed E-state index contributed by atoms with van der Waals surface area (Å²) in [6.07, 6.45) is 0.323. The van der Waals surface area contributed by atoms with Crippen molar-refractivity contribution in [3.8, 4) is 6.07 Å². The van der Waals surface area contributed by atoms with Gasteiger partial charge in [-0.1, -0.05) is 17.7 Å². The summed E-state index contributed by atoms with van der Waals surface area (Å²) in [5, 5.41) is 8.98. The molecule has 0 aliphatic rings. The highest BCUT2D eigenvalue weighted by molar-refractivity contribution is 6.31. The minimum atomic E-state index is 0.323. The Morgan fingerprint density at radius 2 is 2.33 bits per heavy atom. The number of halogens is 1. The Hall–Kier alpha value is -1.24. The maximum absolute atomic E-state index is 8.42. The molecule has 0 aliphatic heterocycles. The Bertz CT molecular complexity index is 317. The molecule has 1 aromatic rings. The van der Waals surface area contributed by atoms with Gasteiger partial charge in [-0.15, -0.1) is 0 Å². The molecule has 0 atom stereocenters. The zero-order valence-electron chi connectivity index (χ0n) is 6.34. The van der Waals surface area contributed by atoms with Crippen molar-refractivity contribution in [2.24, 2.45) is 5.84 Å². The normalized spacial score (nSPS) is 9.08. The molecule has 0 saturated heterocycles. The molecule has 3 N–H and O–H groups in total. The molecule has 0 heterocycles.